The second-order valence-electron chi connectivity index (χ2n) is 7.61. The number of aromatic nitrogens is 2. The van der Waals surface area contributed by atoms with Crippen molar-refractivity contribution < 1.29 is 4.74 Å². The van der Waals surface area contributed by atoms with Crippen molar-refractivity contribution in [1.82, 2.24) is 25.1 Å². The summed E-state index contributed by atoms with van der Waals surface area (Å²) in [6.45, 7) is 15.5. The molecule has 0 amide bonds. The lowest BCUT2D eigenvalue weighted by Gasteiger charge is -2.42. The molecule has 2 saturated heterocycles. The highest BCUT2D eigenvalue weighted by atomic mass is 16.5. The minimum atomic E-state index is 0.0907. The third kappa shape index (κ3) is 5.29. The Bertz CT molecular complexity index is 599. The molecule has 0 aromatic carbocycles. The Morgan fingerprint density at radius 1 is 1.19 bits per heavy atom. The molecule has 1 aromatic heterocycles. The third-order valence-electron chi connectivity index (χ3n) is 5.20. The molecule has 150 valence electrons. The Morgan fingerprint density at radius 3 is 2.59 bits per heavy atom. The van der Waals surface area contributed by atoms with E-state index in [1.165, 1.54) is 0 Å². The van der Waals surface area contributed by atoms with Gasteiger partial charge >= 0.3 is 0 Å². The van der Waals surface area contributed by atoms with Crippen LogP contribution in [-0.2, 0) is 4.74 Å². The molecule has 3 rings (SSSR count). The van der Waals surface area contributed by atoms with Gasteiger partial charge in [0.25, 0.3) is 0 Å². The molecule has 8 nitrogen and oxygen atoms in total. The summed E-state index contributed by atoms with van der Waals surface area (Å²) in [6, 6.07) is 1.85. The maximum atomic E-state index is 5.61. The van der Waals surface area contributed by atoms with E-state index in [-0.39, 0.29) is 5.54 Å². The van der Waals surface area contributed by atoms with Gasteiger partial charge in [-0.05, 0) is 26.8 Å². The summed E-state index contributed by atoms with van der Waals surface area (Å²) in [7, 11) is 0. The summed E-state index contributed by atoms with van der Waals surface area (Å²) in [4.78, 5) is 20.7. The third-order valence-corrected chi connectivity index (χ3v) is 5.20. The number of hydrogen-bond acceptors (Lipinski definition) is 6. The van der Waals surface area contributed by atoms with Crippen molar-refractivity contribution in [3.05, 3.63) is 18.5 Å². The number of morpholine rings is 1. The van der Waals surface area contributed by atoms with Gasteiger partial charge in [-0.3, -0.25) is 9.89 Å². The van der Waals surface area contributed by atoms with Crippen molar-refractivity contribution in [3.63, 3.8) is 0 Å². The minimum absolute atomic E-state index is 0.0907. The normalized spacial score (nSPS) is 21.4. The van der Waals surface area contributed by atoms with Crippen molar-refractivity contribution in [2.45, 2.75) is 26.3 Å². The van der Waals surface area contributed by atoms with Crippen LogP contribution in [0.4, 0.5) is 5.95 Å². The van der Waals surface area contributed by atoms with Crippen molar-refractivity contribution in [2.24, 2.45) is 4.99 Å². The van der Waals surface area contributed by atoms with E-state index in [1.807, 2.05) is 6.07 Å². The molecule has 3 heterocycles. The second kappa shape index (κ2) is 9.32. The lowest BCUT2D eigenvalue weighted by molar-refractivity contribution is -0.0491. The highest BCUT2D eigenvalue weighted by molar-refractivity contribution is 5.80. The number of hydrogen-bond donors (Lipinski definition) is 1. The Balaban J connectivity index is 1.53. The topological polar surface area (TPSA) is 69.1 Å². The minimum Gasteiger partial charge on any atom is -0.378 e. The lowest BCUT2D eigenvalue weighted by atomic mass is 10.0. The largest absolute Gasteiger partial charge is 0.378 e. The molecule has 0 aliphatic carbocycles. The van der Waals surface area contributed by atoms with E-state index in [0.717, 1.165) is 77.5 Å². The molecule has 1 aromatic rings. The molecule has 0 saturated carbocycles. The molecule has 1 N–H and O–H groups in total. The number of guanidine groups is 1. The Kier molecular flexibility index (Phi) is 6.84. The fourth-order valence-corrected chi connectivity index (χ4v) is 3.58. The molecule has 0 unspecified atom stereocenters. The van der Waals surface area contributed by atoms with Crippen LogP contribution in [0.2, 0.25) is 0 Å². The smallest absolute Gasteiger partial charge is 0.225 e. The van der Waals surface area contributed by atoms with E-state index >= 15 is 0 Å². The Hall–Kier alpha value is -1.93. The van der Waals surface area contributed by atoms with E-state index in [4.69, 9.17) is 9.73 Å². The van der Waals surface area contributed by atoms with Gasteiger partial charge < -0.3 is 19.9 Å². The maximum Gasteiger partial charge on any atom is 0.225 e. The molecular weight excluding hydrogens is 342 g/mol. The SMILES string of the molecule is CCNC(=NCCN1CCOCC1(C)C)N1CCN(c2ncccn2)CC1. The molecule has 27 heavy (non-hydrogen) atoms. The first-order valence-corrected chi connectivity index (χ1v) is 9.98. The van der Waals surface area contributed by atoms with Gasteiger partial charge in [0.05, 0.1) is 19.8 Å². The van der Waals surface area contributed by atoms with Crippen LogP contribution in [0.15, 0.2) is 23.5 Å². The maximum absolute atomic E-state index is 5.61. The first kappa shape index (κ1) is 19.8. The average Bonchev–Trinajstić information content (AvgIpc) is 2.69. The van der Waals surface area contributed by atoms with Crippen LogP contribution in [0.5, 0.6) is 0 Å². The molecule has 0 spiro atoms. The summed E-state index contributed by atoms with van der Waals surface area (Å²) in [5.74, 6) is 1.82. The molecule has 0 bridgehead atoms. The average molecular weight is 376 g/mol. The number of piperazine rings is 1. The van der Waals surface area contributed by atoms with Gasteiger partial charge in [-0.2, -0.15) is 0 Å². The number of anilines is 1. The van der Waals surface area contributed by atoms with Crippen LogP contribution >= 0.6 is 0 Å². The number of rotatable bonds is 5. The van der Waals surface area contributed by atoms with Crippen LogP contribution < -0.4 is 10.2 Å². The molecule has 2 aliphatic heterocycles. The van der Waals surface area contributed by atoms with E-state index in [9.17, 15) is 0 Å². The molecular formula is C19H33N7O. The van der Waals surface area contributed by atoms with Crippen molar-refractivity contribution in [2.75, 3.05) is 70.5 Å². The fourth-order valence-electron chi connectivity index (χ4n) is 3.58. The lowest BCUT2D eigenvalue weighted by Crippen LogP contribution is -2.54. The highest BCUT2D eigenvalue weighted by Crippen LogP contribution is 2.18. The van der Waals surface area contributed by atoms with Gasteiger partial charge in [-0.15, -0.1) is 0 Å². The van der Waals surface area contributed by atoms with Crippen LogP contribution in [-0.4, -0.2) is 96.8 Å². The van der Waals surface area contributed by atoms with E-state index in [1.54, 1.807) is 12.4 Å². The zero-order valence-electron chi connectivity index (χ0n) is 16.9. The Morgan fingerprint density at radius 2 is 1.93 bits per heavy atom. The van der Waals surface area contributed by atoms with Gasteiger partial charge in [0.2, 0.25) is 5.95 Å². The van der Waals surface area contributed by atoms with Gasteiger partial charge in [-0.25, -0.2) is 9.97 Å². The van der Waals surface area contributed by atoms with Crippen LogP contribution in [0.1, 0.15) is 20.8 Å². The monoisotopic (exact) mass is 375 g/mol. The first-order chi connectivity index (χ1) is 13.1. The molecule has 2 fully saturated rings. The molecule has 8 heteroatoms. The van der Waals surface area contributed by atoms with Crippen LogP contribution in [0.3, 0.4) is 0 Å². The summed E-state index contributed by atoms with van der Waals surface area (Å²) >= 11 is 0. The summed E-state index contributed by atoms with van der Waals surface area (Å²) in [6.07, 6.45) is 3.60. The number of nitrogens with one attached hydrogen (secondary N) is 1. The second-order valence-corrected chi connectivity index (χ2v) is 7.61. The number of aliphatic imine (C=N–C) groups is 1. The zero-order chi connectivity index (χ0) is 19.1. The predicted molar refractivity (Wildman–Crippen MR) is 108 cm³/mol. The molecule has 2 aliphatic rings. The van der Waals surface area contributed by atoms with Crippen LogP contribution in [0, 0.1) is 0 Å². The number of ether oxygens (including phenoxy) is 1. The fraction of sp³-hybridized carbons (Fsp3) is 0.737. The summed E-state index contributed by atoms with van der Waals surface area (Å²) < 4.78 is 5.61. The molecule has 0 radical (unpaired) electrons. The highest BCUT2D eigenvalue weighted by Gasteiger charge is 2.30. The van der Waals surface area contributed by atoms with E-state index in [0.29, 0.717) is 0 Å². The van der Waals surface area contributed by atoms with Gasteiger partial charge in [-0.1, -0.05) is 0 Å². The van der Waals surface area contributed by atoms with E-state index in [2.05, 4.69) is 50.8 Å². The molecule has 0 atom stereocenters. The summed E-state index contributed by atoms with van der Waals surface area (Å²) in [5, 5.41) is 3.45. The zero-order valence-corrected chi connectivity index (χ0v) is 16.9. The standard InChI is InChI=1S/C19H33N7O/c1-4-20-17(23-8-9-26-14-15-27-16-19(26,2)3)24-10-12-25(13-11-24)18-21-6-5-7-22-18/h5-7H,4,8-16H2,1-3H3,(H,20,23). The van der Waals surface area contributed by atoms with Crippen molar-refractivity contribution in [3.8, 4) is 0 Å². The number of nitrogens with zero attached hydrogens (tertiary/aromatic N) is 6. The van der Waals surface area contributed by atoms with Crippen LogP contribution in [0.25, 0.3) is 0 Å². The predicted octanol–water partition coefficient (Wildman–Crippen LogP) is 0.675. The summed E-state index contributed by atoms with van der Waals surface area (Å²) in [5.41, 5.74) is 0.0907. The Labute approximate surface area is 162 Å². The van der Waals surface area contributed by atoms with E-state index < -0.39 is 0 Å². The van der Waals surface area contributed by atoms with Crippen molar-refractivity contribution in [1.29, 1.82) is 0 Å². The van der Waals surface area contributed by atoms with Gasteiger partial charge in [0, 0.05) is 63.7 Å². The van der Waals surface area contributed by atoms with Gasteiger partial charge in [0.15, 0.2) is 5.96 Å². The first-order valence-electron chi connectivity index (χ1n) is 9.98. The van der Waals surface area contributed by atoms with Gasteiger partial charge in [0.1, 0.15) is 0 Å². The van der Waals surface area contributed by atoms with Crippen molar-refractivity contribution >= 4 is 11.9 Å². The quantitative estimate of drug-likeness (QED) is 0.599.